The fourth-order valence-electron chi connectivity index (χ4n) is 2.43. The van der Waals surface area contributed by atoms with E-state index in [1.807, 2.05) is 0 Å². The molecule has 1 aliphatic rings. The predicted molar refractivity (Wildman–Crippen MR) is 75.4 cm³/mol. The molecule has 0 bridgehead atoms. The lowest BCUT2D eigenvalue weighted by Gasteiger charge is -2.39. The number of halogens is 1. The van der Waals surface area contributed by atoms with Crippen LogP contribution < -0.4 is 5.32 Å². The second kappa shape index (κ2) is 4.62. The van der Waals surface area contributed by atoms with Crippen LogP contribution in [0.15, 0.2) is 22.7 Å². The molecule has 1 unspecified atom stereocenters. The van der Waals surface area contributed by atoms with E-state index in [4.69, 9.17) is 4.74 Å². The van der Waals surface area contributed by atoms with E-state index in [0.29, 0.717) is 0 Å². The van der Waals surface area contributed by atoms with Gasteiger partial charge in [-0.1, -0.05) is 35.8 Å². The van der Waals surface area contributed by atoms with Crippen LogP contribution in [0, 0.1) is 0 Å². The highest BCUT2D eigenvalue weighted by Gasteiger charge is 2.33. The summed E-state index contributed by atoms with van der Waals surface area (Å²) >= 11 is 3.52. The lowest BCUT2D eigenvalue weighted by atomic mass is 9.77. The van der Waals surface area contributed by atoms with E-state index in [2.05, 4.69) is 67.1 Å². The van der Waals surface area contributed by atoms with Gasteiger partial charge in [-0.3, -0.25) is 0 Å². The Kier molecular flexibility index (Phi) is 3.50. The van der Waals surface area contributed by atoms with Crippen LogP contribution in [0.25, 0.3) is 0 Å². The second-order valence-corrected chi connectivity index (χ2v) is 6.51. The number of nitrogens with one attached hydrogen (secondary N) is 1. The average Bonchev–Trinajstić information content (AvgIpc) is 2.13. The topological polar surface area (TPSA) is 21.3 Å². The van der Waals surface area contributed by atoms with Gasteiger partial charge in [-0.2, -0.15) is 0 Å². The molecule has 1 atom stereocenters. The molecule has 0 saturated heterocycles. The van der Waals surface area contributed by atoms with Crippen LogP contribution in [0.3, 0.4) is 0 Å². The first-order valence-corrected chi connectivity index (χ1v) is 6.90. The number of rotatable bonds is 2. The molecule has 1 N–H and O–H groups in total. The van der Waals surface area contributed by atoms with Gasteiger partial charge in [0.15, 0.2) is 0 Å². The first-order chi connectivity index (χ1) is 7.88. The van der Waals surface area contributed by atoms with Crippen molar-refractivity contribution in [2.24, 2.45) is 0 Å². The fourth-order valence-corrected chi connectivity index (χ4v) is 2.80. The normalized spacial score (nSPS) is 22.1. The van der Waals surface area contributed by atoms with E-state index in [1.54, 1.807) is 0 Å². The Balaban J connectivity index is 2.31. The molecule has 94 valence electrons. The molecule has 2 rings (SSSR count). The molecule has 1 aromatic carbocycles. The molecular formula is C14H20BrNO. The Labute approximate surface area is 112 Å². The summed E-state index contributed by atoms with van der Waals surface area (Å²) in [7, 11) is 0. The van der Waals surface area contributed by atoms with Crippen molar-refractivity contribution < 1.29 is 4.74 Å². The minimum absolute atomic E-state index is 0.104. The minimum Gasteiger partial charge on any atom is -0.360 e. The van der Waals surface area contributed by atoms with Gasteiger partial charge in [0.1, 0.15) is 6.23 Å². The summed E-state index contributed by atoms with van der Waals surface area (Å²) < 4.78 is 7.00. The zero-order chi connectivity index (χ0) is 12.6. The van der Waals surface area contributed by atoms with Crippen molar-refractivity contribution in [1.29, 1.82) is 0 Å². The quantitative estimate of drug-likeness (QED) is 0.879. The van der Waals surface area contributed by atoms with Crippen LogP contribution in [-0.4, -0.2) is 12.3 Å². The molecule has 0 spiro atoms. The molecule has 0 saturated carbocycles. The van der Waals surface area contributed by atoms with Gasteiger partial charge < -0.3 is 10.1 Å². The van der Waals surface area contributed by atoms with Crippen molar-refractivity contribution in [3.63, 3.8) is 0 Å². The maximum atomic E-state index is 5.90. The Morgan fingerprint density at radius 2 is 2.12 bits per heavy atom. The molecule has 2 nitrogen and oxygen atoms in total. The number of hydrogen-bond acceptors (Lipinski definition) is 2. The van der Waals surface area contributed by atoms with Crippen molar-refractivity contribution in [3.05, 3.63) is 28.2 Å². The predicted octanol–water partition coefficient (Wildman–Crippen LogP) is 4.29. The Hall–Kier alpha value is -0.540. The second-order valence-electron chi connectivity index (χ2n) is 5.60. The lowest BCUT2D eigenvalue weighted by Crippen LogP contribution is -2.39. The van der Waals surface area contributed by atoms with Gasteiger partial charge >= 0.3 is 0 Å². The summed E-state index contributed by atoms with van der Waals surface area (Å²) in [6.07, 6.45) is 1.35. The van der Waals surface area contributed by atoms with Gasteiger partial charge in [0, 0.05) is 16.6 Å². The zero-order valence-electron chi connectivity index (χ0n) is 10.9. The third-order valence-corrected chi connectivity index (χ3v) is 3.65. The van der Waals surface area contributed by atoms with Crippen LogP contribution in [0.2, 0.25) is 0 Å². The molecule has 3 heteroatoms. The first kappa shape index (κ1) is 12.9. The van der Waals surface area contributed by atoms with E-state index in [9.17, 15) is 0 Å². The average molecular weight is 298 g/mol. The van der Waals surface area contributed by atoms with Crippen LogP contribution in [0.1, 0.15) is 39.7 Å². The molecule has 0 fully saturated rings. The molecule has 0 aliphatic carbocycles. The highest BCUT2D eigenvalue weighted by atomic mass is 79.9. The molecule has 17 heavy (non-hydrogen) atoms. The number of hydrogen-bond donors (Lipinski definition) is 1. The van der Waals surface area contributed by atoms with Gasteiger partial charge in [0.05, 0.1) is 6.10 Å². The van der Waals surface area contributed by atoms with Crippen molar-refractivity contribution in [3.8, 4) is 0 Å². The van der Waals surface area contributed by atoms with Gasteiger partial charge in [0.2, 0.25) is 0 Å². The molecular weight excluding hydrogens is 278 g/mol. The molecule has 0 amide bonds. The number of fused-ring (bicyclic) bond motifs is 1. The van der Waals surface area contributed by atoms with E-state index >= 15 is 0 Å². The summed E-state index contributed by atoms with van der Waals surface area (Å²) in [5.41, 5.74) is 2.70. The zero-order valence-corrected chi connectivity index (χ0v) is 12.5. The van der Waals surface area contributed by atoms with Crippen LogP contribution >= 0.6 is 15.9 Å². The van der Waals surface area contributed by atoms with Gasteiger partial charge in [-0.25, -0.2) is 0 Å². The van der Waals surface area contributed by atoms with Gasteiger partial charge in [0.25, 0.3) is 0 Å². The Bertz CT molecular complexity index is 415. The maximum absolute atomic E-state index is 5.90. The van der Waals surface area contributed by atoms with E-state index in [1.165, 1.54) is 11.3 Å². The smallest absolute Gasteiger partial charge is 0.128 e. The highest BCUT2D eigenvalue weighted by Crippen LogP contribution is 2.40. The van der Waals surface area contributed by atoms with Gasteiger partial charge in [-0.15, -0.1) is 0 Å². The standard InChI is InChI=1S/C14H20BrNO/c1-9(2)17-13-8-14(3,4)11-6-5-10(15)7-12(11)16-13/h5-7,9,13,16H,8H2,1-4H3. The maximum Gasteiger partial charge on any atom is 0.128 e. The SMILES string of the molecule is CC(C)OC1CC(C)(C)c2ccc(Br)cc2N1. The molecule has 0 radical (unpaired) electrons. The van der Waals surface area contributed by atoms with Crippen LogP contribution in [-0.2, 0) is 10.2 Å². The van der Waals surface area contributed by atoms with Crippen molar-refractivity contribution in [2.45, 2.75) is 51.9 Å². The van der Waals surface area contributed by atoms with Crippen LogP contribution in [0.5, 0.6) is 0 Å². The number of ether oxygens (including phenoxy) is 1. The Morgan fingerprint density at radius 1 is 1.41 bits per heavy atom. The summed E-state index contributed by atoms with van der Waals surface area (Å²) in [6, 6.07) is 6.43. The monoisotopic (exact) mass is 297 g/mol. The molecule has 1 aromatic rings. The van der Waals surface area contributed by atoms with E-state index in [-0.39, 0.29) is 17.7 Å². The summed E-state index contributed by atoms with van der Waals surface area (Å²) in [5, 5.41) is 3.47. The van der Waals surface area contributed by atoms with E-state index in [0.717, 1.165) is 10.9 Å². The van der Waals surface area contributed by atoms with Crippen molar-refractivity contribution in [1.82, 2.24) is 0 Å². The third-order valence-electron chi connectivity index (χ3n) is 3.16. The highest BCUT2D eigenvalue weighted by molar-refractivity contribution is 9.10. The summed E-state index contributed by atoms with van der Waals surface area (Å²) in [4.78, 5) is 0. The Morgan fingerprint density at radius 3 is 2.76 bits per heavy atom. The van der Waals surface area contributed by atoms with E-state index < -0.39 is 0 Å². The first-order valence-electron chi connectivity index (χ1n) is 6.10. The molecule has 1 heterocycles. The van der Waals surface area contributed by atoms with Crippen molar-refractivity contribution in [2.75, 3.05) is 5.32 Å². The summed E-state index contributed by atoms with van der Waals surface area (Å²) in [5.74, 6) is 0. The largest absolute Gasteiger partial charge is 0.360 e. The molecule has 0 aromatic heterocycles. The van der Waals surface area contributed by atoms with Crippen LogP contribution in [0.4, 0.5) is 5.69 Å². The fraction of sp³-hybridized carbons (Fsp3) is 0.571. The minimum atomic E-state index is 0.104. The summed E-state index contributed by atoms with van der Waals surface area (Å²) in [6.45, 7) is 8.70. The lowest BCUT2D eigenvalue weighted by molar-refractivity contribution is 0.00646. The van der Waals surface area contributed by atoms with Crippen molar-refractivity contribution >= 4 is 21.6 Å². The van der Waals surface area contributed by atoms with Gasteiger partial charge in [-0.05, 0) is 37.0 Å². The molecule has 1 aliphatic heterocycles. The number of anilines is 1. The number of benzene rings is 1. The third kappa shape index (κ3) is 2.83.